The molecule has 8 nitrogen and oxygen atoms in total. The van der Waals surface area contributed by atoms with Gasteiger partial charge in [0, 0.05) is 30.2 Å². The molecule has 0 spiro atoms. The number of imidazole rings is 1. The highest BCUT2D eigenvalue weighted by Crippen LogP contribution is 2.33. The maximum Gasteiger partial charge on any atom is 0.159 e. The second-order valence-corrected chi connectivity index (χ2v) is 7.93. The van der Waals surface area contributed by atoms with Crippen molar-refractivity contribution in [3.63, 3.8) is 0 Å². The number of hydrogen-bond donors (Lipinski definition) is 3. The normalized spacial score (nSPS) is 14.5. The van der Waals surface area contributed by atoms with Gasteiger partial charge in [-0.25, -0.2) is 4.98 Å². The Hall–Kier alpha value is -3.94. The van der Waals surface area contributed by atoms with E-state index in [4.69, 9.17) is 4.98 Å². The van der Waals surface area contributed by atoms with E-state index in [0.717, 1.165) is 52.1 Å². The number of benzene rings is 1. The summed E-state index contributed by atoms with van der Waals surface area (Å²) in [6.07, 6.45) is 8.56. The summed E-state index contributed by atoms with van der Waals surface area (Å²) >= 11 is 0. The van der Waals surface area contributed by atoms with Gasteiger partial charge in [-0.2, -0.15) is 5.10 Å². The van der Waals surface area contributed by atoms with Gasteiger partial charge >= 0.3 is 0 Å². The number of piperidine rings is 1. The molecule has 0 unspecified atom stereocenters. The Morgan fingerprint density at radius 1 is 0.968 bits per heavy atom. The minimum Gasteiger partial charge on any atom is -0.506 e. The van der Waals surface area contributed by atoms with Crippen LogP contribution in [-0.2, 0) is 0 Å². The molecule has 6 rings (SSSR count). The van der Waals surface area contributed by atoms with E-state index in [1.807, 2.05) is 6.07 Å². The minimum absolute atomic E-state index is 0.106. The van der Waals surface area contributed by atoms with E-state index >= 15 is 0 Å². The molecule has 1 saturated heterocycles. The molecular weight excluding hydrogens is 390 g/mol. The number of aromatic hydroxyl groups is 1. The average molecular weight is 411 g/mol. The van der Waals surface area contributed by atoms with Crippen molar-refractivity contribution < 1.29 is 5.11 Å². The first-order chi connectivity index (χ1) is 15.3. The standard InChI is InChI=1S/C23H21N7O/c31-15-9-14(11-24-12-15)18-10-16-19(13-25-18)28-29-21(16)23-26-17-5-4-6-20(22(17)27-23)30-7-2-1-3-8-30/h4-6,9-13,31H,1-3,7-8H2,(H,26,27)(H,28,29). The van der Waals surface area contributed by atoms with Gasteiger partial charge in [0.15, 0.2) is 5.82 Å². The fourth-order valence-electron chi connectivity index (χ4n) is 4.34. The summed E-state index contributed by atoms with van der Waals surface area (Å²) < 4.78 is 0. The third-order valence-electron chi connectivity index (χ3n) is 5.88. The van der Waals surface area contributed by atoms with Crippen molar-refractivity contribution in [3.05, 3.63) is 48.9 Å². The number of H-pyrrole nitrogens is 2. The van der Waals surface area contributed by atoms with Gasteiger partial charge in [0.25, 0.3) is 0 Å². The van der Waals surface area contributed by atoms with E-state index in [2.05, 4.69) is 48.2 Å². The number of aromatic amines is 2. The van der Waals surface area contributed by atoms with Gasteiger partial charge in [-0.1, -0.05) is 6.07 Å². The lowest BCUT2D eigenvalue weighted by atomic mass is 10.1. The molecule has 0 amide bonds. The topological polar surface area (TPSA) is 107 Å². The van der Waals surface area contributed by atoms with Crippen molar-refractivity contribution >= 4 is 27.6 Å². The number of aromatic nitrogens is 6. The fraction of sp³-hybridized carbons (Fsp3) is 0.217. The molecule has 5 heterocycles. The van der Waals surface area contributed by atoms with Crippen molar-refractivity contribution in [1.29, 1.82) is 0 Å². The number of nitrogens with zero attached hydrogens (tertiary/aromatic N) is 5. The van der Waals surface area contributed by atoms with Gasteiger partial charge in [0.05, 0.1) is 34.8 Å². The second-order valence-electron chi connectivity index (χ2n) is 7.93. The Morgan fingerprint density at radius 3 is 2.74 bits per heavy atom. The van der Waals surface area contributed by atoms with Crippen LogP contribution in [0.2, 0.25) is 0 Å². The van der Waals surface area contributed by atoms with E-state index in [1.165, 1.54) is 31.1 Å². The number of para-hydroxylation sites is 1. The number of rotatable bonds is 3. The van der Waals surface area contributed by atoms with Crippen LogP contribution in [-0.4, -0.2) is 48.3 Å². The summed E-state index contributed by atoms with van der Waals surface area (Å²) in [5.41, 5.74) is 6.17. The Bertz CT molecular complexity index is 1400. The minimum atomic E-state index is 0.106. The number of hydrogen-bond acceptors (Lipinski definition) is 6. The van der Waals surface area contributed by atoms with Crippen LogP contribution in [0.5, 0.6) is 5.75 Å². The van der Waals surface area contributed by atoms with Crippen molar-refractivity contribution in [2.75, 3.05) is 18.0 Å². The van der Waals surface area contributed by atoms with Crippen LogP contribution in [0.15, 0.2) is 48.9 Å². The Balaban J connectivity index is 1.46. The molecule has 31 heavy (non-hydrogen) atoms. The van der Waals surface area contributed by atoms with Crippen LogP contribution in [0, 0.1) is 0 Å². The quantitative estimate of drug-likeness (QED) is 0.410. The largest absolute Gasteiger partial charge is 0.506 e. The smallest absolute Gasteiger partial charge is 0.159 e. The van der Waals surface area contributed by atoms with Crippen molar-refractivity contribution in [1.82, 2.24) is 30.1 Å². The first-order valence-electron chi connectivity index (χ1n) is 10.5. The molecule has 4 aromatic heterocycles. The molecule has 0 atom stereocenters. The Kier molecular flexibility index (Phi) is 4.09. The van der Waals surface area contributed by atoms with Gasteiger partial charge in [0.1, 0.15) is 17.0 Å². The number of nitrogens with one attached hydrogen (secondary N) is 2. The SMILES string of the molecule is Oc1cncc(-c2cc3c(-c4nc5c(N6CCCCC6)cccc5[nH]4)n[nH]c3cn2)c1. The highest BCUT2D eigenvalue weighted by Gasteiger charge is 2.19. The second kappa shape index (κ2) is 7.09. The summed E-state index contributed by atoms with van der Waals surface area (Å²) in [5.74, 6) is 0.825. The van der Waals surface area contributed by atoms with Crippen molar-refractivity contribution in [3.8, 4) is 28.5 Å². The first kappa shape index (κ1) is 17.9. The summed E-state index contributed by atoms with van der Waals surface area (Å²) in [6, 6.07) is 9.88. The molecule has 8 heteroatoms. The van der Waals surface area contributed by atoms with Crippen LogP contribution in [0.4, 0.5) is 5.69 Å². The van der Waals surface area contributed by atoms with Gasteiger partial charge in [-0.3, -0.25) is 15.1 Å². The van der Waals surface area contributed by atoms with E-state index in [-0.39, 0.29) is 5.75 Å². The predicted octanol–water partition coefficient (Wildman–Crippen LogP) is 4.26. The van der Waals surface area contributed by atoms with Crippen LogP contribution in [0.3, 0.4) is 0 Å². The average Bonchev–Trinajstić information content (AvgIpc) is 3.43. The van der Waals surface area contributed by atoms with Crippen molar-refractivity contribution in [2.24, 2.45) is 0 Å². The van der Waals surface area contributed by atoms with E-state index in [1.54, 1.807) is 18.5 Å². The molecule has 0 aliphatic carbocycles. The van der Waals surface area contributed by atoms with E-state index in [9.17, 15) is 5.11 Å². The van der Waals surface area contributed by atoms with Crippen LogP contribution in [0.1, 0.15) is 19.3 Å². The monoisotopic (exact) mass is 411 g/mol. The highest BCUT2D eigenvalue weighted by atomic mass is 16.3. The van der Waals surface area contributed by atoms with Crippen LogP contribution < -0.4 is 4.90 Å². The molecule has 154 valence electrons. The van der Waals surface area contributed by atoms with Crippen LogP contribution >= 0.6 is 0 Å². The molecule has 3 N–H and O–H groups in total. The summed E-state index contributed by atoms with van der Waals surface area (Å²) in [6.45, 7) is 2.14. The fourth-order valence-corrected chi connectivity index (χ4v) is 4.34. The zero-order chi connectivity index (χ0) is 20.8. The number of fused-ring (bicyclic) bond motifs is 2. The zero-order valence-corrected chi connectivity index (χ0v) is 16.8. The Morgan fingerprint density at radius 2 is 1.87 bits per heavy atom. The third kappa shape index (κ3) is 3.07. The lowest BCUT2D eigenvalue weighted by Gasteiger charge is -2.28. The molecule has 0 saturated carbocycles. The van der Waals surface area contributed by atoms with Gasteiger partial charge < -0.3 is 15.0 Å². The maximum absolute atomic E-state index is 9.77. The molecule has 5 aromatic rings. The zero-order valence-electron chi connectivity index (χ0n) is 16.8. The molecule has 1 aliphatic heterocycles. The molecule has 1 fully saturated rings. The number of pyridine rings is 2. The van der Waals surface area contributed by atoms with E-state index in [0.29, 0.717) is 5.69 Å². The highest BCUT2D eigenvalue weighted by molar-refractivity contribution is 5.96. The Labute approximate surface area is 178 Å². The molecule has 1 aromatic carbocycles. The van der Waals surface area contributed by atoms with Crippen molar-refractivity contribution in [2.45, 2.75) is 19.3 Å². The van der Waals surface area contributed by atoms with Gasteiger partial charge in [0.2, 0.25) is 0 Å². The molecule has 1 aliphatic rings. The first-order valence-corrected chi connectivity index (χ1v) is 10.5. The van der Waals surface area contributed by atoms with Crippen LogP contribution in [0.25, 0.3) is 44.7 Å². The number of anilines is 1. The lowest BCUT2D eigenvalue weighted by Crippen LogP contribution is -2.29. The third-order valence-corrected chi connectivity index (χ3v) is 5.88. The molecule has 0 radical (unpaired) electrons. The summed E-state index contributed by atoms with van der Waals surface area (Å²) in [5, 5.41) is 18.2. The predicted molar refractivity (Wildman–Crippen MR) is 120 cm³/mol. The maximum atomic E-state index is 9.77. The van der Waals surface area contributed by atoms with Gasteiger partial charge in [-0.05, 0) is 43.5 Å². The summed E-state index contributed by atoms with van der Waals surface area (Å²) in [4.78, 5) is 19.4. The van der Waals surface area contributed by atoms with Gasteiger partial charge in [-0.15, -0.1) is 0 Å². The summed E-state index contributed by atoms with van der Waals surface area (Å²) in [7, 11) is 0. The van der Waals surface area contributed by atoms with E-state index < -0.39 is 0 Å². The molecular formula is C23H21N7O. The lowest BCUT2D eigenvalue weighted by molar-refractivity contribution is 0.473. The molecule has 0 bridgehead atoms.